The van der Waals surface area contributed by atoms with E-state index >= 15 is 0 Å². The summed E-state index contributed by atoms with van der Waals surface area (Å²) in [6.45, 7) is 2.00. The third-order valence-corrected chi connectivity index (χ3v) is 5.45. The summed E-state index contributed by atoms with van der Waals surface area (Å²) in [4.78, 5) is 25.5. The molecule has 3 aromatic rings. The summed E-state index contributed by atoms with van der Waals surface area (Å²) in [5.41, 5.74) is 4.45. The summed E-state index contributed by atoms with van der Waals surface area (Å²) in [6.07, 6.45) is 3.53. The molecule has 0 spiro atoms. The Labute approximate surface area is 190 Å². The van der Waals surface area contributed by atoms with Crippen LogP contribution in [0.5, 0.6) is 5.75 Å². The number of non-ortho nitro benzene ring substituents is 1. The average molecular weight is 447 g/mol. The number of nitro groups is 1. The third kappa shape index (κ3) is 4.13. The van der Waals surface area contributed by atoms with Gasteiger partial charge in [-0.3, -0.25) is 19.8 Å². The van der Waals surface area contributed by atoms with Crippen LogP contribution < -0.4 is 9.64 Å². The van der Waals surface area contributed by atoms with Gasteiger partial charge in [0.15, 0.2) is 0 Å². The van der Waals surface area contributed by atoms with E-state index in [1.807, 2.05) is 37.3 Å². The number of anilines is 1. The highest BCUT2D eigenvalue weighted by molar-refractivity contribution is 6.32. The smallest absolute Gasteiger partial charge is 0.269 e. The molecule has 0 atom stereocenters. The van der Waals surface area contributed by atoms with Crippen molar-refractivity contribution in [2.45, 2.75) is 6.92 Å². The molecule has 1 heterocycles. The Balaban J connectivity index is 1.79. The Morgan fingerprint density at radius 3 is 2.31 bits per heavy atom. The van der Waals surface area contributed by atoms with Crippen LogP contribution in [0.1, 0.15) is 16.7 Å². The van der Waals surface area contributed by atoms with Crippen LogP contribution in [0.15, 0.2) is 78.4 Å². The van der Waals surface area contributed by atoms with Gasteiger partial charge < -0.3 is 4.74 Å². The summed E-state index contributed by atoms with van der Waals surface area (Å²) >= 11 is 6.32. The summed E-state index contributed by atoms with van der Waals surface area (Å²) in [6, 6.07) is 19.1. The fourth-order valence-corrected chi connectivity index (χ4v) is 3.73. The van der Waals surface area contributed by atoms with Gasteiger partial charge in [-0.25, -0.2) is 0 Å². The van der Waals surface area contributed by atoms with Crippen LogP contribution in [0, 0.1) is 17.0 Å². The number of hydrogen-bond acceptors (Lipinski definition) is 4. The predicted molar refractivity (Wildman–Crippen MR) is 126 cm³/mol. The van der Waals surface area contributed by atoms with Crippen molar-refractivity contribution in [1.29, 1.82) is 0 Å². The first-order valence-corrected chi connectivity index (χ1v) is 10.2. The van der Waals surface area contributed by atoms with E-state index in [0.717, 1.165) is 11.1 Å². The molecule has 3 aromatic carbocycles. The number of nitrogens with zero attached hydrogens (tertiary/aromatic N) is 2. The Kier molecular flexibility index (Phi) is 5.79. The lowest BCUT2D eigenvalue weighted by Gasteiger charge is -2.21. The van der Waals surface area contributed by atoms with Crippen molar-refractivity contribution >= 4 is 40.7 Å². The van der Waals surface area contributed by atoms with E-state index in [2.05, 4.69) is 0 Å². The standard InChI is InChI=1S/C25H19ClN2O4/c1-16-3-7-18(8-4-16)23-14-19(13-17-5-9-20(10-6-17)28(30)31)25(29)27(23)21-11-12-24(32-2)22(26)15-21/h3-15H,1-2H3/b19-13+. The maximum absolute atomic E-state index is 13.4. The van der Waals surface area contributed by atoms with E-state index in [1.165, 1.54) is 19.2 Å². The van der Waals surface area contributed by atoms with E-state index in [0.29, 0.717) is 33.3 Å². The Hall–Kier alpha value is -3.90. The third-order valence-electron chi connectivity index (χ3n) is 5.15. The summed E-state index contributed by atoms with van der Waals surface area (Å²) in [7, 11) is 1.53. The van der Waals surface area contributed by atoms with Crippen LogP contribution >= 0.6 is 11.6 Å². The number of rotatable bonds is 5. The van der Waals surface area contributed by atoms with Crippen molar-refractivity contribution in [2.24, 2.45) is 0 Å². The van der Waals surface area contributed by atoms with Gasteiger partial charge in [0, 0.05) is 17.7 Å². The van der Waals surface area contributed by atoms with Crippen LogP contribution in [-0.4, -0.2) is 17.9 Å². The minimum absolute atomic E-state index is 0.00436. The van der Waals surface area contributed by atoms with Crippen LogP contribution in [0.2, 0.25) is 5.02 Å². The highest BCUT2D eigenvalue weighted by atomic mass is 35.5. The summed E-state index contributed by atoms with van der Waals surface area (Å²) in [5, 5.41) is 11.3. The summed E-state index contributed by atoms with van der Waals surface area (Å²) in [5.74, 6) is 0.296. The van der Waals surface area contributed by atoms with E-state index in [-0.39, 0.29) is 11.6 Å². The molecule has 160 valence electrons. The first-order chi connectivity index (χ1) is 15.4. The molecule has 0 unspecified atom stereocenters. The van der Waals surface area contributed by atoms with E-state index < -0.39 is 4.92 Å². The normalized spacial score (nSPS) is 14.6. The topological polar surface area (TPSA) is 72.7 Å². The maximum atomic E-state index is 13.4. The number of carbonyl (C=O) groups excluding carboxylic acids is 1. The van der Waals surface area contributed by atoms with Crippen LogP contribution in [0.3, 0.4) is 0 Å². The molecule has 0 aromatic heterocycles. The Morgan fingerprint density at radius 1 is 1.03 bits per heavy atom. The minimum Gasteiger partial charge on any atom is -0.495 e. The van der Waals surface area contributed by atoms with Gasteiger partial charge in [-0.15, -0.1) is 0 Å². The molecule has 0 fully saturated rings. The van der Waals surface area contributed by atoms with Gasteiger partial charge in [-0.1, -0.05) is 41.4 Å². The molecule has 0 saturated heterocycles. The quantitative estimate of drug-likeness (QED) is 0.272. The highest BCUT2D eigenvalue weighted by Gasteiger charge is 2.31. The largest absolute Gasteiger partial charge is 0.495 e. The van der Waals surface area contributed by atoms with Crippen molar-refractivity contribution in [3.8, 4) is 5.75 Å². The predicted octanol–water partition coefficient (Wildman–Crippen LogP) is 6.04. The zero-order chi connectivity index (χ0) is 22.8. The average Bonchev–Trinajstić information content (AvgIpc) is 3.10. The second kappa shape index (κ2) is 8.69. The lowest BCUT2D eigenvalue weighted by molar-refractivity contribution is -0.384. The number of carbonyl (C=O) groups is 1. The van der Waals surface area contributed by atoms with Crippen molar-refractivity contribution < 1.29 is 14.5 Å². The van der Waals surface area contributed by atoms with Crippen molar-refractivity contribution in [1.82, 2.24) is 0 Å². The SMILES string of the molecule is COc1ccc(N2C(=O)/C(=C/c3ccc([N+](=O)[O-])cc3)C=C2c2ccc(C)cc2)cc1Cl. The number of halogens is 1. The first-order valence-electron chi connectivity index (χ1n) is 9.80. The Bertz CT molecular complexity index is 1260. The molecule has 7 heteroatoms. The molecular formula is C25H19ClN2O4. The number of hydrogen-bond donors (Lipinski definition) is 0. The Morgan fingerprint density at radius 2 is 1.72 bits per heavy atom. The van der Waals surface area contributed by atoms with Crippen LogP contribution in [0.4, 0.5) is 11.4 Å². The van der Waals surface area contributed by atoms with Crippen molar-refractivity contribution in [2.75, 3.05) is 12.0 Å². The lowest BCUT2D eigenvalue weighted by Crippen LogP contribution is -2.25. The molecular weight excluding hydrogens is 428 g/mol. The van der Waals surface area contributed by atoms with Gasteiger partial charge in [-0.2, -0.15) is 0 Å². The molecule has 4 rings (SSSR count). The lowest BCUT2D eigenvalue weighted by atomic mass is 10.1. The molecule has 0 radical (unpaired) electrons. The van der Waals surface area contributed by atoms with Gasteiger partial charge in [0.25, 0.3) is 11.6 Å². The minimum atomic E-state index is -0.456. The second-order valence-electron chi connectivity index (χ2n) is 7.30. The number of ether oxygens (including phenoxy) is 1. The van der Waals surface area contributed by atoms with E-state index in [4.69, 9.17) is 16.3 Å². The van der Waals surface area contributed by atoms with Gasteiger partial charge in [0.1, 0.15) is 5.75 Å². The molecule has 0 saturated carbocycles. The van der Waals surface area contributed by atoms with Crippen LogP contribution in [0.25, 0.3) is 11.8 Å². The first kappa shape index (κ1) is 21.3. The van der Waals surface area contributed by atoms with E-state index in [1.54, 1.807) is 41.3 Å². The molecule has 0 N–H and O–H groups in total. The number of methoxy groups -OCH3 is 1. The molecule has 32 heavy (non-hydrogen) atoms. The van der Waals surface area contributed by atoms with Gasteiger partial charge in [0.2, 0.25) is 0 Å². The van der Waals surface area contributed by atoms with Crippen molar-refractivity contribution in [3.63, 3.8) is 0 Å². The zero-order valence-corrected chi connectivity index (χ0v) is 18.2. The van der Waals surface area contributed by atoms with E-state index in [9.17, 15) is 14.9 Å². The second-order valence-corrected chi connectivity index (χ2v) is 7.71. The monoisotopic (exact) mass is 446 g/mol. The van der Waals surface area contributed by atoms with Gasteiger partial charge in [0.05, 0.1) is 28.4 Å². The molecule has 1 amide bonds. The summed E-state index contributed by atoms with van der Waals surface area (Å²) < 4.78 is 5.23. The molecule has 1 aliphatic rings. The number of nitro benzene ring substituents is 1. The number of aryl methyl sites for hydroxylation is 1. The molecule has 0 bridgehead atoms. The van der Waals surface area contributed by atoms with Crippen LogP contribution in [-0.2, 0) is 4.79 Å². The maximum Gasteiger partial charge on any atom is 0.269 e. The molecule has 0 aliphatic carbocycles. The fraction of sp³-hybridized carbons (Fsp3) is 0.0800. The van der Waals surface area contributed by atoms with Crippen molar-refractivity contribution in [3.05, 3.63) is 110 Å². The van der Waals surface area contributed by atoms with Gasteiger partial charge in [-0.05, 0) is 60.5 Å². The number of benzene rings is 3. The highest BCUT2D eigenvalue weighted by Crippen LogP contribution is 2.38. The zero-order valence-electron chi connectivity index (χ0n) is 17.4. The molecule has 6 nitrogen and oxygen atoms in total. The number of amides is 1. The fourth-order valence-electron chi connectivity index (χ4n) is 3.47. The van der Waals surface area contributed by atoms with Gasteiger partial charge >= 0.3 is 0 Å². The molecule has 1 aliphatic heterocycles.